The zero-order chi connectivity index (χ0) is 26.1. The maximum atomic E-state index is 13.5. The van der Waals surface area contributed by atoms with E-state index in [1.54, 1.807) is 42.5 Å². The van der Waals surface area contributed by atoms with Gasteiger partial charge < -0.3 is 14.6 Å². The Bertz CT molecular complexity index is 1530. The molecule has 2 heterocycles. The number of aliphatic hydroxyl groups is 1. The Morgan fingerprint density at radius 1 is 1.05 bits per heavy atom. The monoisotopic (exact) mass is 514 g/mol. The van der Waals surface area contributed by atoms with E-state index in [9.17, 15) is 14.7 Å². The molecule has 3 aromatic carbocycles. The van der Waals surface area contributed by atoms with E-state index >= 15 is 0 Å². The number of hydrogen-bond donors (Lipinski definition) is 1. The molecule has 0 spiro atoms. The Morgan fingerprint density at radius 3 is 2.57 bits per heavy atom. The van der Waals surface area contributed by atoms with Crippen molar-refractivity contribution in [1.82, 2.24) is 4.98 Å². The van der Waals surface area contributed by atoms with Gasteiger partial charge >= 0.3 is 5.91 Å². The van der Waals surface area contributed by atoms with E-state index in [4.69, 9.17) is 9.47 Å². The van der Waals surface area contributed by atoms with Crippen LogP contribution in [-0.2, 0) is 9.59 Å². The topological polar surface area (TPSA) is 89.0 Å². The Labute approximate surface area is 218 Å². The highest BCUT2D eigenvalue weighted by molar-refractivity contribution is 7.22. The summed E-state index contributed by atoms with van der Waals surface area (Å²) in [6.45, 7) is 4.52. The van der Waals surface area contributed by atoms with Crippen molar-refractivity contribution in [3.8, 4) is 11.5 Å². The number of carbonyl (C=O) groups excluding carboxylic acids is 2. The predicted molar refractivity (Wildman–Crippen MR) is 144 cm³/mol. The van der Waals surface area contributed by atoms with Gasteiger partial charge in [0.15, 0.2) is 16.6 Å². The lowest BCUT2D eigenvalue weighted by Gasteiger charge is -2.24. The van der Waals surface area contributed by atoms with Crippen LogP contribution in [0.1, 0.15) is 36.1 Å². The molecule has 1 fully saturated rings. The summed E-state index contributed by atoms with van der Waals surface area (Å²) in [4.78, 5) is 33.0. The molecular weight excluding hydrogens is 488 g/mol. The molecule has 1 saturated heterocycles. The number of ether oxygens (including phenoxy) is 2. The van der Waals surface area contributed by atoms with Gasteiger partial charge in [0.2, 0.25) is 0 Å². The minimum atomic E-state index is -0.906. The van der Waals surface area contributed by atoms with Crippen LogP contribution in [0.3, 0.4) is 0 Å². The zero-order valence-corrected chi connectivity index (χ0v) is 21.5. The number of thiazole rings is 1. The number of benzene rings is 3. The van der Waals surface area contributed by atoms with Gasteiger partial charge in [-0.25, -0.2) is 4.98 Å². The van der Waals surface area contributed by atoms with E-state index in [0.717, 1.165) is 22.2 Å². The molecule has 0 aliphatic carbocycles. The van der Waals surface area contributed by atoms with Crippen LogP contribution in [0.2, 0.25) is 0 Å². The maximum absolute atomic E-state index is 13.5. The van der Waals surface area contributed by atoms with Crippen molar-refractivity contribution in [2.45, 2.75) is 26.3 Å². The summed E-state index contributed by atoms with van der Waals surface area (Å²) >= 11 is 1.33. The summed E-state index contributed by atoms with van der Waals surface area (Å²) in [7, 11) is 1.54. The number of ketones is 1. The molecule has 1 aliphatic heterocycles. The number of aliphatic hydroxyl groups excluding tert-OH is 1. The van der Waals surface area contributed by atoms with Gasteiger partial charge in [0.1, 0.15) is 5.76 Å². The average Bonchev–Trinajstić information content (AvgIpc) is 3.44. The van der Waals surface area contributed by atoms with Gasteiger partial charge in [-0.3, -0.25) is 14.5 Å². The highest BCUT2D eigenvalue weighted by Gasteiger charge is 2.48. The fourth-order valence-electron chi connectivity index (χ4n) is 4.40. The fourth-order valence-corrected chi connectivity index (χ4v) is 5.50. The number of nitrogens with zero attached hydrogens (tertiary/aromatic N) is 2. The summed E-state index contributed by atoms with van der Waals surface area (Å²) in [6, 6.07) is 18.9. The average molecular weight is 515 g/mol. The Kier molecular flexibility index (Phi) is 6.67. The van der Waals surface area contributed by atoms with Crippen LogP contribution in [0.4, 0.5) is 5.13 Å². The first kappa shape index (κ1) is 24.5. The van der Waals surface area contributed by atoms with E-state index in [0.29, 0.717) is 34.4 Å². The van der Waals surface area contributed by atoms with E-state index < -0.39 is 17.7 Å². The maximum Gasteiger partial charge on any atom is 0.301 e. The molecule has 0 saturated carbocycles. The number of rotatable bonds is 7. The van der Waals surface area contributed by atoms with Crippen molar-refractivity contribution in [2.75, 3.05) is 18.6 Å². The number of hydrogen-bond acceptors (Lipinski definition) is 7. The Hall–Kier alpha value is -4.17. The molecular formula is C29H26N2O5S. The van der Waals surface area contributed by atoms with Gasteiger partial charge in [0.05, 0.1) is 35.5 Å². The third kappa shape index (κ3) is 4.44. The van der Waals surface area contributed by atoms with E-state index in [2.05, 4.69) is 4.98 Å². The number of carbonyl (C=O) groups is 2. The lowest BCUT2D eigenvalue weighted by atomic mass is 9.95. The minimum absolute atomic E-state index is 0.00378. The minimum Gasteiger partial charge on any atom is -0.507 e. The third-order valence-corrected chi connectivity index (χ3v) is 7.21. The third-order valence-electron chi connectivity index (χ3n) is 6.20. The quantitative estimate of drug-likeness (QED) is 0.184. The van der Waals surface area contributed by atoms with Crippen LogP contribution in [0.5, 0.6) is 11.5 Å². The molecule has 1 N–H and O–H groups in total. The number of Topliss-reactive ketones (excluding diaryl/α,β-unsaturated/α-hetero) is 1. The van der Waals surface area contributed by atoms with Crippen molar-refractivity contribution in [1.29, 1.82) is 0 Å². The second-order valence-electron chi connectivity index (χ2n) is 8.76. The van der Waals surface area contributed by atoms with Crippen molar-refractivity contribution < 1.29 is 24.2 Å². The molecule has 188 valence electrons. The van der Waals surface area contributed by atoms with Crippen molar-refractivity contribution in [2.24, 2.45) is 0 Å². The summed E-state index contributed by atoms with van der Waals surface area (Å²) in [6.07, 6.45) is 0.833. The van der Waals surface area contributed by atoms with E-state index in [1.807, 2.05) is 38.1 Å². The second-order valence-corrected chi connectivity index (χ2v) is 9.77. The molecule has 0 unspecified atom stereocenters. The van der Waals surface area contributed by atoms with Crippen LogP contribution >= 0.6 is 11.3 Å². The summed E-state index contributed by atoms with van der Waals surface area (Å²) in [5, 5.41) is 11.7. The molecule has 1 atom stereocenters. The molecule has 8 heteroatoms. The fraction of sp³-hybridized carbons (Fsp3) is 0.207. The van der Waals surface area contributed by atoms with E-state index in [1.165, 1.54) is 23.3 Å². The number of amides is 1. The summed E-state index contributed by atoms with van der Waals surface area (Å²) < 4.78 is 12.3. The molecule has 0 bridgehead atoms. The molecule has 0 radical (unpaired) electrons. The first-order chi connectivity index (χ1) is 17.9. The molecule has 4 aromatic rings. The zero-order valence-electron chi connectivity index (χ0n) is 20.7. The first-order valence-corrected chi connectivity index (χ1v) is 12.8. The summed E-state index contributed by atoms with van der Waals surface area (Å²) in [5.41, 5.74) is 2.83. The Balaban J connectivity index is 1.71. The molecule has 37 heavy (non-hydrogen) atoms. The number of aryl methyl sites for hydroxylation is 1. The van der Waals surface area contributed by atoms with Crippen LogP contribution < -0.4 is 14.4 Å². The van der Waals surface area contributed by atoms with Crippen LogP contribution in [0.25, 0.3) is 16.0 Å². The van der Waals surface area contributed by atoms with Crippen LogP contribution in [0.15, 0.2) is 72.3 Å². The van der Waals surface area contributed by atoms with Crippen LogP contribution in [-0.4, -0.2) is 35.5 Å². The van der Waals surface area contributed by atoms with Gasteiger partial charge in [0, 0.05) is 5.56 Å². The molecule has 1 amide bonds. The van der Waals surface area contributed by atoms with Gasteiger partial charge in [0.25, 0.3) is 5.78 Å². The van der Waals surface area contributed by atoms with Crippen LogP contribution in [0, 0.1) is 6.92 Å². The van der Waals surface area contributed by atoms with Crippen molar-refractivity contribution in [3.05, 3.63) is 89.0 Å². The highest BCUT2D eigenvalue weighted by atomic mass is 32.1. The number of aromatic nitrogens is 1. The lowest BCUT2D eigenvalue weighted by molar-refractivity contribution is -0.132. The molecule has 7 nitrogen and oxygen atoms in total. The predicted octanol–water partition coefficient (Wildman–Crippen LogP) is 6.03. The van der Waals surface area contributed by atoms with E-state index in [-0.39, 0.29) is 11.3 Å². The molecule has 5 rings (SSSR count). The second kappa shape index (κ2) is 10.1. The standard InChI is InChI=1S/C29H26N2O5S/c1-4-14-36-21-13-11-19(16-22(21)35-3)25-24(26(32)18-8-6-5-7-9-18)27(33)28(34)31(25)29-30-20-12-10-17(2)15-23(20)37-29/h5-13,15-16,25,32H,4,14H2,1-3H3/t25-/m0/s1. The molecule has 1 aromatic heterocycles. The number of fused-ring (bicyclic) bond motifs is 1. The van der Waals surface area contributed by atoms with Gasteiger partial charge in [-0.05, 0) is 48.7 Å². The van der Waals surface area contributed by atoms with Crippen molar-refractivity contribution >= 4 is 44.1 Å². The first-order valence-electron chi connectivity index (χ1n) is 12.0. The number of methoxy groups -OCH3 is 1. The smallest absolute Gasteiger partial charge is 0.301 e. The van der Waals surface area contributed by atoms with Gasteiger partial charge in [-0.2, -0.15) is 0 Å². The SMILES string of the molecule is CCCOc1ccc([C@H]2C(=C(O)c3ccccc3)C(=O)C(=O)N2c2nc3ccc(C)cc3s2)cc1OC. The number of anilines is 1. The van der Waals surface area contributed by atoms with Crippen molar-refractivity contribution in [3.63, 3.8) is 0 Å². The normalized spacial score (nSPS) is 16.9. The van der Waals surface area contributed by atoms with Gasteiger partial charge in [-0.1, -0.05) is 60.7 Å². The molecule has 1 aliphatic rings. The Morgan fingerprint density at radius 2 is 1.84 bits per heavy atom. The highest BCUT2D eigenvalue weighted by Crippen LogP contribution is 2.45. The lowest BCUT2D eigenvalue weighted by Crippen LogP contribution is -2.29. The largest absolute Gasteiger partial charge is 0.507 e. The van der Waals surface area contributed by atoms with Gasteiger partial charge in [-0.15, -0.1) is 0 Å². The summed E-state index contributed by atoms with van der Waals surface area (Å²) in [5.74, 6) is -0.732.